The molecule has 15 heteroatoms. The van der Waals surface area contributed by atoms with Crippen LogP contribution >= 0.6 is 11.6 Å². The summed E-state index contributed by atoms with van der Waals surface area (Å²) in [5.41, 5.74) is 1.36. The number of aromatic nitrogens is 3. The van der Waals surface area contributed by atoms with Crippen molar-refractivity contribution in [1.29, 1.82) is 0 Å². The van der Waals surface area contributed by atoms with Gasteiger partial charge in [0.1, 0.15) is 39.6 Å². The number of benzene rings is 2. The zero-order valence-electron chi connectivity index (χ0n) is 24.7. The summed E-state index contributed by atoms with van der Waals surface area (Å²) >= 11 is 6.45. The normalized spacial score (nSPS) is 13.8. The Balaban J connectivity index is 2.00. The standard InChI is InChI=1S/C30H28ClF5N4O3S2/c1-17(12-18-13-19(32)15-20(33)14-18)26-22(7-6-21(37-26)10-11-29(2,3)45(5,42)43)23-8-9-24(31)25-27(23)40(16-30(34,35)36)38-28(25)39-44(4)41/h6-9,13-15,17H,12,16H2,1-5H3,(H,38,39). The van der Waals surface area contributed by atoms with E-state index in [0.29, 0.717) is 21.5 Å². The molecular weight excluding hydrogens is 659 g/mol. The molecule has 4 rings (SSSR count). The van der Waals surface area contributed by atoms with Crippen LogP contribution in [-0.2, 0) is 33.8 Å². The molecule has 0 aliphatic carbocycles. The molecule has 2 aromatic heterocycles. The van der Waals surface area contributed by atoms with Gasteiger partial charge < -0.3 is 0 Å². The van der Waals surface area contributed by atoms with Gasteiger partial charge in [0.15, 0.2) is 15.7 Å². The van der Waals surface area contributed by atoms with E-state index in [2.05, 4.69) is 26.6 Å². The third-order valence-electron chi connectivity index (χ3n) is 6.98. The van der Waals surface area contributed by atoms with Crippen molar-refractivity contribution in [3.63, 3.8) is 0 Å². The monoisotopic (exact) mass is 686 g/mol. The second-order valence-corrected chi connectivity index (χ2v) is 15.1. The summed E-state index contributed by atoms with van der Waals surface area (Å²) in [5, 5.41) is 4.20. The molecule has 0 radical (unpaired) electrons. The Morgan fingerprint density at radius 2 is 1.69 bits per heavy atom. The van der Waals surface area contributed by atoms with E-state index < -0.39 is 55.8 Å². The number of hydrogen-bond acceptors (Lipinski definition) is 5. The second kappa shape index (κ2) is 12.7. The van der Waals surface area contributed by atoms with Crippen molar-refractivity contribution in [2.75, 3.05) is 17.2 Å². The van der Waals surface area contributed by atoms with Crippen molar-refractivity contribution >= 4 is 49.1 Å². The van der Waals surface area contributed by atoms with Crippen LogP contribution < -0.4 is 4.72 Å². The van der Waals surface area contributed by atoms with E-state index in [1.165, 1.54) is 50.4 Å². The van der Waals surface area contributed by atoms with Gasteiger partial charge in [-0.25, -0.2) is 26.4 Å². The second-order valence-electron chi connectivity index (χ2n) is 11.0. The minimum Gasteiger partial charge on any atom is -0.288 e. The average molecular weight is 687 g/mol. The maximum atomic E-state index is 14.0. The van der Waals surface area contributed by atoms with Gasteiger partial charge >= 0.3 is 6.18 Å². The molecule has 2 heterocycles. The number of halogens is 6. The smallest absolute Gasteiger partial charge is 0.288 e. The summed E-state index contributed by atoms with van der Waals surface area (Å²) in [6.07, 6.45) is -2.25. The number of rotatable bonds is 8. The van der Waals surface area contributed by atoms with Crippen molar-refractivity contribution in [2.45, 2.75) is 50.6 Å². The Morgan fingerprint density at radius 3 is 2.27 bits per heavy atom. The number of anilines is 1. The lowest BCUT2D eigenvalue weighted by Gasteiger charge is -2.19. The maximum absolute atomic E-state index is 14.0. The van der Waals surface area contributed by atoms with Crippen LogP contribution in [0.5, 0.6) is 0 Å². The van der Waals surface area contributed by atoms with Gasteiger partial charge in [0.05, 0.1) is 21.6 Å². The van der Waals surface area contributed by atoms with Gasteiger partial charge in [-0.3, -0.25) is 9.40 Å². The number of sulfone groups is 1. The number of fused-ring (bicyclic) bond motifs is 1. The summed E-state index contributed by atoms with van der Waals surface area (Å²) in [6.45, 7) is 3.11. The van der Waals surface area contributed by atoms with Crippen LogP contribution in [0.25, 0.3) is 22.0 Å². The van der Waals surface area contributed by atoms with Crippen molar-refractivity contribution in [3.05, 3.63) is 76.1 Å². The molecule has 0 amide bonds. The van der Waals surface area contributed by atoms with E-state index in [9.17, 15) is 34.6 Å². The zero-order valence-corrected chi connectivity index (χ0v) is 27.1. The highest BCUT2D eigenvalue weighted by Gasteiger charge is 2.32. The third kappa shape index (κ3) is 8.01. The van der Waals surface area contributed by atoms with E-state index in [4.69, 9.17) is 11.6 Å². The lowest BCUT2D eigenvalue weighted by molar-refractivity contribution is -0.141. The SMILES string of the molecule is CC(Cc1cc(F)cc(F)c1)c1nc(C#CC(C)(C)S(C)(=O)=O)ccc1-c1ccc(Cl)c2c(NS(C)=O)nn(CC(F)(F)F)c12. The summed E-state index contributed by atoms with van der Waals surface area (Å²) in [7, 11) is -5.26. The van der Waals surface area contributed by atoms with E-state index in [0.717, 1.165) is 12.3 Å². The zero-order chi connectivity index (χ0) is 33.5. The molecule has 0 aliphatic rings. The summed E-state index contributed by atoms with van der Waals surface area (Å²) in [5.74, 6) is 3.22. The highest BCUT2D eigenvalue weighted by molar-refractivity contribution is 7.92. The molecule has 0 saturated heterocycles. The van der Waals surface area contributed by atoms with E-state index in [-0.39, 0.29) is 39.4 Å². The van der Waals surface area contributed by atoms with Crippen LogP contribution in [0, 0.1) is 23.5 Å². The first kappa shape index (κ1) is 34.3. The quantitative estimate of drug-likeness (QED) is 0.162. The molecule has 0 saturated carbocycles. The van der Waals surface area contributed by atoms with Crippen molar-refractivity contribution in [3.8, 4) is 23.0 Å². The fourth-order valence-electron chi connectivity index (χ4n) is 4.62. The van der Waals surface area contributed by atoms with Crippen LogP contribution in [0.1, 0.15) is 43.6 Å². The Morgan fingerprint density at radius 1 is 1.07 bits per heavy atom. The maximum Gasteiger partial charge on any atom is 0.408 e. The first-order valence-electron chi connectivity index (χ1n) is 13.3. The van der Waals surface area contributed by atoms with Gasteiger partial charge in [0.25, 0.3) is 0 Å². The van der Waals surface area contributed by atoms with Crippen LogP contribution in [0.4, 0.5) is 27.8 Å². The van der Waals surface area contributed by atoms with Crippen LogP contribution in [0.3, 0.4) is 0 Å². The van der Waals surface area contributed by atoms with Gasteiger partial charge in [0.2, 0.25) is 0 Å². The molecule has 4 aromatic rings. The van der Waals surface area contributed by atoms with E-state index in [1.54, 1.807) is 13.0 Å². The molecule has 2 aromatic carbocycles. The van der Waals surface area contributed by atoms with Gasteiger partial charge in [-0.2, -0.15) is 18.3 Å². The summed E-state index contributed by atoms with van der Waals surface area (Å²) in [6, 6.07) is 9.09. The molecular formula is C30H28ClF5N4O3S2. The first-order valence-corrected chi connectivity index (χ1v) is 17.1. The third-order valence-corrected chi connectivity index (χ3v) is 9.73. The number of alkyl halides is 3. The Labute approximate surface area is 264 Å². The number of hydrogen-bond donors (Lipinski definition) is 1. The molecule has 0 spiro atoms. The van der Waals surface area contributed by atoms with Crippen molar-refractivity contribution in [2.24, 2.45) is 0 Å². The molecule has 0 aliphatic heterocycles. The average Bonchev–Trinajstić information content (AvgIpc) is 3.22. The fraction of sp³-hybridized carbons (Fsp3) is 0.333. The van der Waals surface area contributed by atoms with Crippen LogP contribution in [0.15, 0.2) is 42.5 Å². The topological polar surface area (TPSA) is 93.9 Å². The molecule has 1 N–H and O–H groups in total. The molecule has 0 fully saturated rings. The van der Waals surface area contributed by atoms with E-state index >= 15 is 0 Å². The van der Waals surface area contributed by atoms with Crippen LogP contribution in [-0.4, -0.2) is 50.8 Å². The number of pyridine rings is 1. The largest absolute Gasteiger partial charge is 0.408 e. The number of nitrogens with one attached hydrogen (secondary N) is 1. The number of nitrogens with zero attached hydrogens (tertiary/aromatic N) is 3. The van der Waals surface area contributed by atoms with Crippen molar-refractivity contribution < 1.29 is 34.6 Å². The fourth-order valence-corrected chi connectivity index (χ4v) is 5.52. The van der Waals surface area contributed by atoms with Crippen molar-refractivity contribution in [1.82, 2.24) is 14.8 Å². The lowest BCUT2D eigenvalue weighted by Crippen LogP contribution is -2.28. The Kier molecular flexibility index (Phi) is 9.68. The van der Waals surface area contributed by atoms with E-state index in [1.807, 2.05) is 0 Å². The van der Waals surface area contributed by atoms with Gasteiger partial charge in [0, 0.05) is 35.6 Å². The van der Waals surface area contributed by atoms with Crippen LogP contribution in [0.2, 0.25) is 5.02 Å². The predicted octanol–water partition coefficient (Wildman–Crippen LogP) is 6.82. The highest BCUT2D eigenvalue weighted by Crippen LogP contribution is 2.41. The summed E-state index contributed by atoms with van der Waals surface area (Å²) in [4.78, 5) is 4.66. The minimum atomic E-state index is -4.68. The minimum absolute atomic E-state index is 0.0168. The summed E-state index contributed by atoms with van der Waals surface area (Å²) < 4.78 is 107. The molecule has 0 bridgehead atoms. The molecule has 2 atom stereocenters. The lowest BCUT2D eigenvalue weighted by atomic mass is 9.90. The molecule has 45 heavy (non-hydrogen) atoms. The predicted molar refractivity (Wildman–Crippen MR) is 166 cm³/mol. The Hall–Kier alpha value is -3.54. The molecule has 7 nitrogen and oxygen atoms in total. The molecule has 2 unspecified atom stereocenters. The van der Waals surface area contributed by atoms with Gasteiger partial charge in [-0.1, -0.05) is 30.5 Å². The Bertz CT molecular complexity index is 1960. The van der Waals surface area contributed by atoms with Gasteiger partial charge in [-0.15, -0.1) is 0 Å². The highest BCUT2D eigenvalue weighted by atomic mass is 35.5. The first-order chi connectivity index (χ1) is 20.8. The van der Waals surface area contributed by atoms with Gasteiger partial charge in [-0.05, 0) is 62.1 Å². The molecule has 240 valence electrons.